The van der Waals surface area contributed by atoms with Crippen LogP contribution in [0.1, 0.15) is 17.7 Å². The van der Waals surface area contributed by atoms with Crippen LogP contribution >= 0.6 is 23.1 Å². The van der Waals surface area contributed by atoms with Gasteiger partial charge in [0.15, 0.2) is 5.13 Å². The number of rotatable bonds is 1. The van der Waals surface area contributed by atoms with Crippen LogP contribution in [0.5, 0.6) is 0 Å². The van der Waals surface area contributed by atoms with Gasteiger partial charge in [0.1, 0.15) is 5.60 Å². The summed E-state index contributed by atoms with van der Waals surface area (Å²) >= 11 is 3.29. The SMILES string of the molecule is Nc1ncc(C2(O)CCSCC2)s1. The Labute approximate surface area is 85.4 Å². The second-order valence-electron chi connectivity index (χ2n) is 3.21. The van der Waals surface area contributed by atoms with Gasteiger partial charge in [0, 0.05) is 6.20 Å². The number of nitrogen functional groups attached to an aromatic ring is 1. The summed E-state index contributed by atoms with van der Waals surface area (Å²) in [6, 6.07) is 0. The summed E-state index contributed by atoms with van der Waals surface area (Å²) < 4.78 is 0. The van der Waals surface area contributed by atoms with Crippen molar-refractivity contribution in [1.29, 1.82) is 0 Å². The van der Waals surface area contributed by atoms with E-state index in [2.05, 4.69) is 4.98 Å². The first-order valence-corrected chi connectivity index (χ1v) is 6.20. The average molecular weight is 216 g/mol. The third kappa shape index (κ3) is 1.82. The zero-order valence-electron chi connectivity index (χ0n) is 7.19. The fourth-order valence-corrected chi connectivity index (χ4v) is 3.46. The zero-order valence-corrected chi connectivity index (χ0v) is 8.83. The van der Waals surface area contributed by atoms with Crippen LogP contribution in [-0.4, -0.2) is 21.6 Å². The summed E-state index contributed by atoms with van der Waals surface area (Å²) in [6.45, 7) is 0. The molecule has 2 rings (SSSR count). The number of aromatic nitrogens is 1. The molecular formula is C8H12N2OS2. The molecule has 1 saturated heterocycles. The summed E-state index contributed by atoms with van der Waals surface area (Å²) in [5.74, 6) is 2.04. The van der Waals surface area contributed by atoms with E-state index in [4.69, 9.17) is 5.73 Å². The number of nitrogens with zero attached hydrogens (tertiary/aromatic N) is 1. The summed E-state index contributed by atoms with van der Waals surface area (Å²) in [5.41, 5.74) is 4.88. The van der Waals surface area contributed by atoms with Crippen LogP contribution in [0.3, 0.4) is 0 Å². The zero-order chi connectivity index (χ0) is 9.31. The van der Waals surface area contributed by atoms with Gasteiger partial charge >= 0.3 is 0 Å². The molecule has 1 fully saturated rings. The fourth-order valence-electron chi connectivity index (χ4n) is 1.46. The maximum atomic E-state index is 10.3. The second-order valence-corrected chi connectivity index (χ2v) is 5.49. The largest absolute Gasteiger partial charge is 0.384 e. The van der Waals surface area contributed by atoms with Gasteiger partial charge in [0.2, 0.25) is 0 Å². The monoisotopic (exact) mass is 216 g/mol. The van der Waals surface area contributed by atoms with E-state index < -0.39 is 5.60 Å². The van der Waals surface area contributed by atoms with Gasteiger partial charge in [-0.05, 0) is 24.3 Å². The van der Waals surface area contributed by atoms with Crippen LogP contribution in [0.4, 0.5) is 5.13 Å². The molecule has 0 bridgehead atoms. The highest BCUT2D eigenvalue weighted by atomic mass is 32.2. The second kappa shape index (κ2) is 3.48. The number of hydrogen-bond acceptors (Lipinski definition) is 5. The first kappa shape index (κ1) is 9.30. The minimum atomic E-state index is -0.652. The summed E-state index contributed by atoms with van der Waals surface area (Å²) in [6.07, 6.45) is 3.34. The molecule has 0 aliphatic carbocycles. The summed E-state index contributed by atoms with van der Waals surface area (Å²) in [5, 5.41) is 10.8. The van der Waals surface area contributed by atoms with E-state index in [1.807, 2.05) is 11.8 Å². The first-order chi connectivity index (χ1) is 6.21. The third-order valence-electron chi connectivity index (χ3n) is 2.30. The van der Waals surface area contributed by atoms with Crippen LogP contribution < -0.4 is 5.73 Å². The van der Waals surface area contributed by atoms with Gasteiger partial charge in [-0.15, -0.1) is 0 Å². The highest BCUT2D eigenvalue weighted by Crippen LogP contribution is 2.38. The van der Waals surface area contributed by atoms with E-state index in [0.717, 1.165) is 29.2 Å². The van der Waals surface area contributed by atoms with Crippen LogP contribution in [0.15, 0.2) is 6.20 Å². The summed E-state index contributed by atoms with van der Waals surface area (Å²) in [4.78, 5) is 4.89. The molecule has 1 aliphatic heterocycles. The maximum absolute atomic E-state index is 10.3. The highest BCUT2D eigenvalue weighted by molar-refractivity contribution is 7.99. The molecule has 13 heavy (non-hydrogen) atoms. The molecule has 0 amide bonds. The van der Waals surface area contributed by atoms with Crippen LogP contribution in [0.25, 0.3) is 0 Å². The van der Waals surface area contributed by atoms with Crippen molar-refractivity contribution in [3.63, 3.8) is 0 Å². The van der Waals surface area contributed by atoms with Gasteiger partial charge in [-0.25, -0.2) is 4.98 Å². The predicted molar refractivity (Wildman–Crippen MR) is 57.0 cm³/mol. The number of hydrogen-bond donors (Lipinski definition) is 2. The fraction of sp³-hybridized carbons (Fsp3) is 0.625. The van der Waals surface area contributed by atoms with Crippen molar-refractivity contribution in [2.75, 3.05) is 17.2 Å². The van der Waals surface area contributed by atoms with Crippen LogP contribution in [0, 0.1) is 0 Å². The molecule has 3 N–H and O–H groups in total. The topological polar surface area (TPSA) is 59.1 Å². The van der Waals surface area contributed by atoms with Crippen molar-refractivity contribution < 1.29 is 5.11 Å². The average Bonchev–Trinajstić information content (AvgIpc) is 2.54. The van der Waals surface area contributed by atoms with E-state index in [9.17, 15) is 5.11 Å². The van der Waals surface area contributed by atoms with Crippen molar-refractivity contribution in [3.8, 4) is 0 Å². The molecule has 3 nitrogen and oxygen atoms in total. The van der Waals surface area contributed by atoms with Crippen molar-refractivity contribution in [3.05, 3.63) is 11.1 Å². The molecule has 0 spiro atoms. The Kier molecular flexibility index (Phi) is 2.49. The Morgan fingerprint density at radius 2 is 2.15 bits per heavy atom. The molecule has 1 aliphatic rings. The minimum absolute atomic E-state index is 0.543. The van der Waals surface area contributed by atoms with Gasteiger partial charge < -0.3 is 10.8 Å². The molecule has 1 aromatic heterocycles. The number of nitrogens with two attached hydrogens (primary N) is 1. The highest BCUT2D eigenvalue weighted by Gasteiger charge is 2.33. The third-order valence-corrected chi connectivity index (χ3v) is 4.31. The molecule has 0 radical (unpaired) electrons. The van der Waals surface area contributed by atoms with Gasteiger partial charge in [-0.3, -0.25) is 0 Å². The number of thioether (sulfide) groups is 1. The molecule has 0 saturated carbocycles. The lowest BCUT2D eigenvalue weighted by Gasteiger charge is -2.30. The van der Waals surface area contributed by atoms with E-state index in [0.29, 0.717) is 5.13 Å². The molecule has 5 heteroatoms. The normalized spacial score (nSPS) is 21.6. The van der Waals surface area contributed by atoms with E-state index >= 15 is 0 Å². The van der Waals surface area contributed by atoms with Gasteiger partial charge in [0.25, 0.3) is 0 Å². The lowest BCUT2D eigenvalue weighted by Crippen LogP contribution is -2.29. The number of aliphatic hydroxyl groups is 1. The van der Waals surface area contributed by atoms with Gasteiger partial charge in [-0.2, -0.15) is 11.8 Å². The minimum Gasteiger partial charge on any atom is -0.384 e. The predicted octanol–water partition coefficient (Wildman–Crippen LogP) is 1.44. The van der Waals surface area contributed by atoms with E-state index in [1.165, 1.54) is 11.3 Å². The molecular weight excluding hydrogens is 204 g/mol. The molecule has 72 valence electrons. The van der Waals surface area contributed by atoms with E-state index in [-0.39, 0.29) is 0 Å². The Bertz CT molecular complexity index is 294. The molecule has 2 heterocycles. The molecule has 0 atom stereocenters. The molecule has 0 unspecified atom stereocenters. The summed E-state index contributed by atoms with van der Waals surface area (Å²) in [7, 11) is 0. The molecule has 0 aromatic carbocycles. The van der Waals surface area contributed by atoms with Crippen molar-refractivity contribution in [1.82, 2.24) is 4.98 Å². The van der Waals surface area contributed by atoms with E-state index in [1.54, 1.807) is 6.20 Å². The van der Waals surface area contributed by atoms with Gasteiger partial charge in [-0.1, -0.05) is 11.3 Å². The first-order valence-electron chi connectivity index (χ1n) is 4.23. The quantitative estimate of drug-likeness (QED) is 0.746. The van der Waals surface area contributed by atoms with Crippen molar-refractivity contribution >= 4 is 28.2 Å². The van der Waals surface area contributed by atoms with Crippen molar-refractivity contribution in [2.45, 2.75) is 18.4 Å². The number of anilines is 1. The van der Waals surface area contributed by atoms with Crippen molar-refractivity contribution in [2.24, 2.45) is 0 Å². The van der Waals surface area contributed by atoms with Crippen LogP contribution in [0.2, 0.25) is 0 Å². The standard InChI is InChI=1S/C8H12N2OS2/c9-7-10-5-6(13-7)8(11)1-3-12-4-2-8/h5,11H,1-4H2,(H2,9,10). The van der Waals surface area contributed by atoms with Gasteiger partial charge in [0.05, 0.1) is 4.88 Å². The maximum Gasteiger partial charge on any atom is 0.180 e. The lowest BCUT2D eigenvalue weighted by molar-refractivity contribution is 0.0316. The lowest BCUT2D eigenvalue weighted by atomic mass is 9.96. The Balaban J connectivity index is 2.22. The Morgan fingerprint density at radius 3 is 2.69 bits per heavy atom. The Hall–Kier alpha value is -0.260. The van der Waals surface area contributed by atoms with Crippen LogP contribution in [-0.2, 0) is 5.60 Å². The smallest absolute Gasteiger partial charge is 0.180 e. The molecule has 1 aromatic rings. The Morgan fingerprint density at radius 1 is 1.46 bits per heavy atom. The number of thiazole rings is 1.